The van der Waals surface area contributed by atoms with Gasteiger partial charge in [-0.25, -0.2) is 4.79 Å². The maximum Gasteiger partial charge on any atom is 0.329 e. The van der Waals surface area contributed by atoms with Gasteiger partial charge in [-0.15, -0.1) is 0 Å². The molecule has 0 radical (unpaired) electrons. The Hall–Kier alpha value is -2.12. The lowest BCUT2D eigenvalue weighted by Crippen LogP contribution is -2.45. The van der Waals surface area contributed by atoms with Crippen molar-refractivity contribution in [3.8, 4) is 0 Å². The normalized spacial score (nSPS) is 20.2. The molecule has 2 aliphatic heterocycles. The molecule has 1 fully saturated rings. The molecule has 0 aliphatic carbocycles. The van der Waals surface area contributed by atoms with Crippen molar-refractivity contribution < 1.29 is 23.9 Å². The number of carbonyl (C=O) groups excluding carboxylic acids is 4. The third-order valence-electron chi connectivity index (χ3n) is 5.03. The summed E-state index contributed by atoms with van der Waals surface area (Å²) in [5.41, 5.74) is 0.162. The first-order chi connectivity index (χ1) is 13.2. The molecule has 0 spiro atoms. The van der Waals surface area contributed by atoms with Gasteiger partial charge >= 0.3 is 5.97 Å². The number of esters is 1. The third-order valence-corrected chi connectivity index (χ3v) is 5.76. The molecular weight excluding hydrogens is 407 g/mol. The Bertz CT molecular complexity index is 816. The Labute approximate surface area is 172 Å². The highest BCUT2D eigenvalue weighted by molar-refractivity contribution is 6.43. The first-order valence-electron chi connectivity index (χ1n) is 9.02. The van der Waals surface area contributed by atoms with E-state index in [1.807, 2.05) is 0 Å². The maximum atomic E-state index is 12.6. The van der Waals surface area contributed by atoms with Gasteiger partial charge in [0.25, 0.3) is 17.7 Å². The topological polar surface area (TPSA) is 84.0 Å². The molecule has 0 saturated carbocycles. The highest BCUT2D eigenvalue weighted by atomic mass is 35.5. The maximum absolute atomic E-state index is 12.6. The summed E-state index contributed by atoms with van der Waals surface area (Å²) < 4.78 is 5.08. The van der Waals surface area contributed by atoms with E-state index in [1.165, 1.54) is 19.1 Å². The quantitative estimate of drug-likeness (QED) is 0.545. The number of nitrogens with zero attached hydrogens (tertiary/aromatic N) is 2. The van der Waals surface area contributed by atoms with Gasteiger partial charge in [0.15, 0.2) is 6.61 Å². The standard InChI is InChI=1S/C19H20Cl2N2O5/c1-10-4-3-5-22(8-10)16(24)9-28-19(27)11(2)23-17(25)12-6-14(20)15(21)7-13(12)18(23)26/h6-7,10-11H,3-5,8-9H2,1-2H3. The predicted molar refractivity (Wildman–Crippen MR) is 102 cm³/mol. The van der Waals surface area contributed by atoms with Crippen LogP contribution in [0.25, 0.3) is 0 Å². The molecule has 2 atom stereocenters. The first-order valence-corrected chi connectivity index (χ1v) is 9.77. The minimum absolute atomic E-state index is 0.0810. The number of hydrogen-bond acceptors (Lipinski definition) is 5. The van der Waals surface area contributed by atoms with Gasteiger partial charge < -0.3 is 9.64 Å². The Morgan fingerprint density at radius 2 is 1.75 bits per heavy atom. The molecule has 9 heteroatoms. The van der Waals surface area contributed by atoms with Gasteiger partial charge in [-0.1, -0.05) is 30.1 Å². The van der Waals surface area contributed by atoms with E-state index in [2.05, 4.69) is 6.92 Å². The fourth-order valence-electron chi connectivity index (χ4n) is 3.47. The van der Waals surface area contributed by atoms with Gasteiger partial charge in [-0.05, 0) is 37.8 Å². The van der Waals surface area contributed by atoms with Gasteiger partial charge in [0.05, 0.1) is 21.2 Å². The van der Waals surface area contributed by atoms with Crippen LogP contribution in [0.1, 0.15) is 47.4 Å². The summed E-state index contributed by atoms with van der Waals surface area (Å²) in [5, 5.41) is 0.278. The van der Waals surface area contributed by atoms with Crippen molar-refractivity contribution in [2.24, 2.45) is 5.92 Å². The number of ether oxygens (including phenoxy) is 1. The lowest BCUT2D eigenvalue weighted by molar-refractivity contribution is -0.155. The first kappa shape index (κ1) is 20.6. The van der Waals surface area contributed by atoms with Gasteiger partial charge in [0, 0.05) is 13.1 Å². The Kier molecular flexibility index (Phi) is 5.95. The summed E-state index contributed by atoms with van der Waals surface area (Å²) >= 11 is 11.8. The SMILES string of the molecule is CC1CCCN(C(=O)COC(=O)C(C)N2C(=O)c3cc(Cl)c(Cl)cc3C2=O)C1. The second-order valence-electron chi connectivity index (χ2n) is 7.16. The van der Waals surface area contributed by atoms with E-state index >= 15 is 0 Å². The van der Waals surface area contributed by atoms with E-state index in [0.29, 0.717) is 19.0 Å². The van der Waals surface area contributed by atoms with Crippen molar-refractivity contribution in [3.63, 3.8) is 0 Å². The van der Waals surface area contributed by atoms with E-state index in [4.69, 9.17) is 27.9 Å². The van der Waals surface area contributed by atoms with Gasteiger partial charge in [0.2, 0.25) is 0 Å². The summed E-state index contributed by atoms with van der Waals surface area (Å²) in [4.78, 5) is 52.2. The van der Waals surface area contributed by atoms with Crippen LogP contribution in [0.4, 0.5) is 0 Å². The van der Waals surface area contributed by atoms with Crippen LogP contribution in [0.3, 0.4) is 0 Å². The molecule has 28 heavy (non-hydrogen) atoms. The van der Waals surface area contributed by atoms with E-state index in [0.717, 1.165) is 17.7 Å². The molecule has 0 N–H and O–H groups in total. The number of fused-ring (bicyclic) bond motifs is 1. The van der Waals surface area contributed by atoms with Crippen molar-refractivity contribution in [2.45, 2.75) is 32.7 Å². The highest BCUT2D eigenvalue weighted by Gasteiger charge is 2.42. The van der Waals surface area contributed by atoms with Gasteiger partial charge in [-0.2, -0.15) is 0 Å². The number of carbonyl (C=O) groups is 4. The monoisotopic (exact) mass is 426 g/mol. The summed E-state index contributed by atoms with van der Waals surface area (Å²) in [6, 6.07) is 1.43. The number of rotatable bonds is 4. The lowest BCUT2D eigenvalue weighted by atomic mass is 10.0. The molecule has 0 aromatic heterocycles. The minimum atomic E-state index is -1.18. The van der Waals surface area contributed by atoms with Crippen molar-refractivity contribution in [2.75, 3.05) is 19.7 Å². The van der Waals surface area contributed by atoms with Gasteiger partial charge in [-0.3, -0.25) is 19.3 Å². The molecule has 1 aromatic carbocycles. The van der Waals surface area contributed by atoms with E-state index < -0.39 is 30.4 Å². The van der Waals surface area contributed by atoms with Crippen LogP contribution >= 0.6 is 23.2 Å². The molecule has 150 valence electrons. The number of amides is 3. The van der Waals surface area contributed by atoms with Crippen LogP contribution < -0.4 is 0 Å². The van der Waals surface area contributed by atoms with E-state index in [9.17, 15) is 19.2 Å². The summed E-state index contributed by atoms with van der Waals surface area (Å²) in [7, 11) is 0. The van der Waals surface area contributed by atoms with Crippen LogP contribution in [-0.4, -0.2) is 59.2 Å². The third kappa shape index (κ3) is 3.86. The van der Waals surface area contributed by atoms with Crippen molar-refractivity contribution >= 4 is 46.9 Å². The number of benzene rings is 1. The Balaban J connectivity index is 1.64. The fourth-order valence-corrected chi connectivity index (χ4v) is 3.80. The largest absolute Gasteiger partial charge is 0.454 e. The molecule has 3 rings (SSSR count). The van der Waals surface area contributed by atoms with Crippen LogP contribution in [-0.2, 0) is 14.3 Å². The van der Waals surface area contributed by atoms with Crippen LogP contribution in [0.2, 0.25) is 10.0 Å². The second-order valence-corrected chi connectivity index (χ2v) is 7.98. The summed E-state index contributed by atoms with van der Waals surface area (Å²) in [6.45, 7) is 4.29. The molecule has 2 aliphatic rings. The van der Waals surface area contributed by atoms with Crippen molar-refractivity contribution in [1.29, 1.82) is 0 Å². The average molecular weight is 427 g/mol. The Morgan fingerprint density at radius 3 is 2.29 bits per heavy atom. The zero-order valence-corrected chi connectivity index (χ0v) is 17.0. The second kappa shape index (κ2) is 8.09. The minimum Gasteiger partial charge on any atom is -0.454 e. The van der Waals surface area contributed by atoms with Crippen LogP contribution in [0.5, 0.6) is 0 Å². The highest BCUT2D eigenvalue weighted by Crippen LogP contribution is 2.32. The molecule has 2 unspecified atom stereocenters. The predicted octanol–water partition coefficient (Wildman–Crippen LogP) is 2.78. The molecule has 2 heterocycles. The molecule has 1 saturated heterocycles. The average Bonchev–Trinajstić information content (AvgIpc) is 2.89. The van der Waals surface area contributed by atoms with Crippen molar-refractivity contribution in [1.82, 2.24) is 9.80 Å². The lowest BCUT2D eigenvalue weighted by Gasteiger charge is -2.31. The fraction of sp³-hybridized carbons (Fsp3) is 0.474. The number of likely N-dealkylation sites (tertiary alicyclic amines) is 1. The number of halogens is 2. The van der Waals surface area contributed by atoms with Crippen LogP contribution in [0.15, 0.2) is 12.1 Å². The Morgan fingerprint density at radius 1 is 1.18 bits per heavy atom. The molecule has 7 nitrogen and oxygen atoms in total. The van der Waals surface area contributed by atoms with Gasteiger partial charge in [0.1, 0.15) is 6.04 Å². The zero-order chi connectivity index (χ0) is 20.6. The number of piperidine rings is 1. The zero-order valence-electron chi connectivity index (χ0n) is 15.5. The summed E-state index contributed by atoms with van der Waals surface area (Å²) in [6.07, 6.45) is 1.98. The van der Waals surface area contributed by atoms with E-state index in [-0.39, 0.29) is 27.1 Å². The molecule has 0 bridgehead atoms. The smallest absolute Gasteiger partial charge is 0.329 e. The number of imide groups is 1. The number of hydrogen-bond donors (Lipinski definition) is 0. The van der Waals surface area contributed by atoms with Crippen LogP contribution in [0, 0.1) is 5.92 Å². The van der Waals surface area contributed by atoms with Crippen molar-refractivity contribution in [3.05, 3.63) is 33.3 Å². The molecule has 3 amide bonds. The molecular formula is C19H20Cl2N2O5. The van der Waals surface area contributed by atoms with E-state index in [1.54, 1.807) is 4.90 Å². The summed E-state index contributed by atoms with van der Waals surface area (Å²) in [5.74, 6) is -2.01. The molecule has 1 aromatic rings.